The lowest BCUT2D eigenvalue weighted by atomic mass is 10.0. The van der Waals surface area contributed by atoms with Gasteiger partial charge in [-0.05, 0) is 37.1 Å². The highest BCUT2D eigenvalue weighted by molar-refractivity contribution is 9.10. The van der Waals surface area contributed by atoms with Gasteiger partial charge in [0.05, 0.1) is 0 Å². The van der Waals surface area contributed by atoms with Gasteiger partial charge in [-0.2, -0.15) is 0 Å². The number of carboxylic acids is 1. The summed E-state index contributed by atoms with van der Waals surface area (Å²) in [5.74, 6) is -2.39. The van der Waals surface area contributed by atoms with E-state index in [2.05, 4.69) is 21.2 Å². The molecule has 3 rings (SSSR count). The number of barbiturate groups is 1. The van der Waals surface area contributed by atoms with Crippen molar-refractivity contribution in [2.45, 2.75) is 31.7 Å². The SMILES string of the molecule is O=C(O)COc1ccc(Br)cc1/C=C1\C(=O)NC(=O)N(C2CCCC2)C1=O. The second-order valence-corrected chi connectivity index (χ2v) is 7.21. The first kappa shape index (κ1) is 19.1. The molecule has 142 valence electrons. The number of aliphatic carboxylic acids is 1. The molecule has 1 aliphatic heterocycles. The van der Waals surface area contributed by atoms with Crippen LogP contribution in [-0.2, 0) is 14.4 Å². The van der Waals surface area contributed by atoms with Gasteiger partial charge < -0.3 is 9.84 Å². The Bertz CT molecular complexity index is 844. The number of hydrogen-bond acceptors (Lipinski definition) is 5. The number of carbonyl (C=O) groups is 4. The lowest BCUT2D eigenvalue weighted by Gasteiger charge is -2.31. The van der Waals surface area contributed by atoms with Crippen LogP contribution in [-0.4, -0.2) is 46.5 Å². The van der Waals surface area contributed by atoms with E-state index in [0.717, 1.165) is 17.7 Å². The minimum atomic E-state index is -1.15. The number of carboxylic acid groups (broad SMARTS) is 1. The van der Waals surface area contributed by atoms with Crippen LogP contribution in [0.3, 0.4) is 0 Å². The van der Waals surface area contributed by atoms with E-state index < -0.39 is 30.4 Å². The zero-order valence-corrected chi connectivity index (χ0v) is 15.8. The van der Waals surface area contributed by atoms with Gasteiger partial charge in [0, 0.05) is 16.1 Å². The zero-order valence-electron chi connectivity index (χ0n) is 14.2. The Hall–Kier alpha value is -2.68. The fourth-order valence-electron chi connectivity index (χ4n) is 3.22. The van der Waals surface area contributed by atoms with Gasteiger partial charge in [-0.3, -0.25) is 19.8 Å². The number of halogens is 1. The Kier molecular flexibility index (Phi) is 5.59. The van der Waals surface area contributed by atoms with E-state index in [1.54, 1.807) is 12.1 Å². The lowest BCUT2D eigenvalue weighted by molar-refractivity contribution is -0.139. The van der Waals surface area contributed by atoms with Crippen LogP contribution >= 0.6 is 15.9 Å². The number of nitrogens with one attached hydrogen (secondary N) is 1. The third kappa shape index (κ3) is 4.19. The molecule has 0 aromatic heterocycles. The highest BCUT2D eigenvalue weighted by Crippen LogP contribution is 2.29. The van der Waals surface area contributed by atoms with E-state index >= 15 is 0 Å². The molecule has 1 saturated carbocycles. The summed E-state index contributed by atoms with van der Waals surface area (Å²) in [5.41, 5.74) is 0.157. The Labute approximate surface area is 163 Å². The summed E-state index contributed by atoms with van der Waals surface area (Å²) in [4.78, 5) is 49.1. The summed E-state index contributed by atoms with van der Waals surface area (Å²) < 4.78 is 5.88. The van der Waals surface area contributed by atoms with Gasteiger partial charge in [-0.1, -0.05) is 28.8 Å². The first-order valence-electron chi connectivity index (χ1n) is 8.41. The number of ether oxygens (including phenoxy) is 1. The second kappa shape index (κ2) is 7.91. The van der Waals surface area contributed by atoms with Gasteiger partial charge in [0.25, 0.3) is 11.8 Å². The molecule has 27 heavy (non-hydrogen) atoms. The van der Waals surface area contributed by atoms with E-state index in [-0.39, 0.29) is 17.4 Å². The molecule has 4 amide bonds. The van der Waals surface area contributed by atoms with E-state index in [0.29, 0.717) is 22.9 Å². The molecule has 1 aliphatic carbocycles. The van der Waals surface area contributed by atoms with Crippen molar-refractivity contribution in [1.29, 1.82) is 0 Å². The van der Waals surface area contributed by atoms with Gasteiger partial charge in [-0.25, -0.2) is 9.59 Å². The third-order valence-corrected chi connectivity index (χ3v) is 4.94. The molecule has 0 spiro atoms. The average Bonchev–Trinajstić information content (AvgIpc) is 3.11. The van der Waals surface area contributed by atoms with Crippen LogP contribution in [0, 0.1) is 0 Å². The molecular weight excluding hydrogens is 420 g/mol. The summed E-state index contributed by atoms with van der Waals surface area (Å²) in [5, 5.41) is 11.0. The van der Waals surface area contributed by atoms with Crippen molar-refractivity contribution in [1.82, 2.24) is 10.2 Å². The summed E-state index contributed by atoms with van der Waals surface area (Å²) in [6.45, 7) is -0.565. The molecule has 0 radical (unpaired) electrons. The average molecular weight is 437 g/mol. The van der Waals surface area contributed by atoms with Crippen LogP contribution in [0.2, 0.25) is 0 Å². The fraction of sp³-hybridized carbons (Fsp3) is 0.333. The Morgan fingerprint density at radius 1 is 1.30 bits per heavy atom. The van der Waals surface area contributed by atoms with Gasteiger partial charge in [0.1, 0.15) is 11.3 Å². The zero-order chi connectivity index (χ0) is 19.6. The van der Waals surface area contributed by atoms with Crippen molar-refractivity contribution in [3.05, 3.63) is 33.8 Å². The molecule has 1 aromatic rings. The summed E-state index contributed by atoms with van der Waals surface area (Å²) >= 11 is 3.30. The predicted octanol–water partition coefficient (Wildman–Crippen LogP) is 2.32. The number of imide groups is 2. The first-order chi connectivity index (χ1) is 12.9. The minimum Gasteiger partial charge on any atom is -0.481 e. The summed E-state index contributed by atoms with van der Waals surface area (Å²) in [6.07, 6.45) is 4.59. The predicted molar refractivity (Wildman–Crippen MR) is 97.9 cm³/mol. The Balaban J connectivity index is 1.95. The number of benzene rings is 1. The van der Waals surface area contributed by atoms with E-state index in [1.807, 2.05) is 0 Å². The van der Waals surface area contributed by atoms with Crippen LogP contribution in [0.15, 0.2) is 28.2 Å². The molecule has 2 fully saturated rings. The maximum atomic E-state index is 12.8. The molecule has 1 saturated heterocycles. The molecule has 9 heteroatoms. The van der Waals surface area contributed by atoms with Crippen LogP contribution in [0.5, 0.6) is 5.75 Å². The van der Waals surface area contributed by atoms with Crippen molar-refractivity contribution < 1.29 is 29.0 Å². The highest BCUT2D eigenvalue weighted by Gasteiger charge is 2.40. The second-order valence-electron chi connectivity index (χ2n) is 6.30. The van der Waals surface area contributed by atoms with Gasteiger partial charge in [-0.15, -0.1) is 0 Å². The molecule has 2 N–H and O–H groups in total. The van der Waals surface area contributed by atoms with Crippen LogP contribution in [0.25, 0.3) is 6.08 Å². The standard InChI is InChI=1S/C18H17BrN2O6/c19-11-5-6-14(27-9-15(22)23)10(7-11)8-13-16(24)20-18(26)21(17(13)25)12-3-1-2-4-12/h5-8,12H,1-4,9H2,(H,22,23)(H,20,24,26)/b13-8+. The first-order valence-corrected chi connectivity index (χ1v) is 9.21. The Morgan fingerprint density at radius 3 is 2.67 bits per heavy atom. The number of amides is 4. The summed E-state index contributed by atoms with van der Waals surface area (Å²) in [6, 6.07) is 3.85. The molecule has 8 nitrogen and oxygen atoms in total. The van der Waals surface area contributed by atoms with Crippen molar-refractivity contribution in [3.8, 4) is 5.75 Å². The minimum absolute atomic E-state index is 0.195. The molecular formula is C18H17BrN2O6. The molecule has 1 heterocycles. The van der Waals surface area contributed by atoms with Crippen LogP contribution in [0.4, 0.5) is 4.79 Å². The third-order valence-electron chi connectivity index (χ3n) is 4.45. The number of nitrogens with zero attached hydrogens (tertiary/aromatic N) is 1. The normalized spacial score (nSPS) is 19.5. The van der Waals surface area contributed by atoms with E-state index in [4.69, 9.17) is 9.84 Å². The molecule has 2 aliphatic rings. The Morgan fingerprint density at radius 2 is 2.00 bits per heavy atom. The quantitative estimate of drug-likeness (QED) is 0.540. The van der Waals surface area contributed by atoms with Crippen molar-refractivity contribution in [3.63, 3.8) is 0 Å². The van der Waals surface area contributed by atoms with Gasteiger partial charge in [0.2, 0.25) is 0 Å². The smallest absolute Gasteiger partial charge is 0.341 e. The van der Waals surface area contributed by atoms with E-state index in [9.17, 15) is 19.2 Å². The summed E-state index contributed by atoms with van der Waals surface area (Å²) in [7, 11) is 0. The number of hydrogen-bond donors (Lipinski definition) is 2. The maximum absolute atomic E-state index is 12.8. The lowest BCUT2D eigenvalue weighted by Crippen LogP contribution is -2.57. The molecule has 0 unspecified atom stereocenters. The highest BCUT2D eigenvalue weighted by atomic mass is 79.9. The van der Waals surface area contributed by atoms with Crippen molar-refractivity contribution in [2.75, 3.05) is 6.61 Å². The number of urea groups is 1. The largest absolute Gasteiger partial charge is 0.481 e. The van der Waals surface area contributed by atoms with Crippen LogP contribution in [0.1, 0.15) is 31.2 Å². The topological polar surface area (TPSA) is 113 Å². The van der Waals surface area contributed by atoms with Gasteiger partial charge >= 0.3 is 12.0 Å². The maximum Gasteiger partial charge on any atom is 0.341 e. The van der Waals surface area contributed by atoms with Crippen molar-refractivity contribution in [2.24, 2.45) is 0 Å². The number of rotatable bonds is 5. The molecule has 0 atom stereocenters. The number of carbonyl (C=O) groups excluding carboxylic acids is 3. The van der Waals surface area contributed by atoms with Crippen LogP contribution < -0.4 is 10.1 Å². The van der Waals surface area contributed by atoms with E-state index in [1.165, 1.54) is 12.1 Å². The van der Waals surface area contributed by atoms with Gasteiger partial charge in [0.15, 0.2) is 6.61 Å². The molecule has 1 aromatic carbocycles. The monoisotopic (exact) mass is 436 g/mol. The van der Waals surface area contributed by atoms with Crippen molar-refractivity contribution >= 4 is 45.8 Å². The fourth-order valence-corrected chi connectivity index (χ4v) is 3.60. The molecule has 0 bridgehead atoms.